The molecule has 1 saturated heterocycles. The van der Waals surface area contributed by atoms with Gasteiger partial charge in [-0.15, -0.1) is 0 Å². The summed E-state index contributed by atoms with van der Waals surface area (Å²) < 4.78 is 0. The summed E-state index contributed by atoms with van der Waals surface area (Å²) in [6, 6.07) is 21.9. The Morgan fingerprint density at radius 1 is 0.970 bits per heavy atom. The number of H-pyrrole nitrogens is 1. The van der Waals surface area contributed by atoms with E-state index in [1.165, 1.54) is 4.90 Å². The number of amides is 1. The monoisotopic (exact) mass is 436 g/mol. The van der Waals surface area contributed by atoms with Crippen LogP contribution in [0.5, 0.6) is 0 Å². The topological polar surface area (TPSA) is 73.4 Å². The van der Waals surface area contributed by atoms with Gasteiger partial charge in [0.1, 0.15) is 5.76 Å². The van der Waals surface area contributed by atoms with E-state index in [4.69, 9.17) is 0 Å². The molecule has 1 aromatic heterocycles. The number of nitrogens with one attached hydrogen (secondary N) is 1. The van der Waals surface area contributed by atoms with Crippen molar-refractivity contribution in [2.24, 2.45) is 0 Å². The highest BCUT2D eigenvalue weighted by molar-refractivity contribution is 6.51. The number of carbonyl (C=O) groups excluding carboxylic acids is 2. The summed E-state index contributed by atoms with van der Waals surface area (Å²) in [6.45, 7) is 4.02. The molecule has 0 aliphatic carbocycles. The van der Waals surface area contributed by atoms with E-state index in [0.29, 0.717) is 11.3 Å². The molecule has 33 heavy (non-hydrogen) atoms. The Kier molecular flexibility index (Phi) is 5.09. The number of carbonyl (C=O) groups is 2. The van der Waals surface area contributed by atoms with Gasteiger partial charge in [-0.3, -0.25) is 14.5 Å². The first-order valence-electron chi connectivity index (χ1n) is 11.0. The average Bonchev–Trinajstić information content (AvgIpc) is 3.38. The molecule has 1 aliphatic heterocycles. The van der Waals surface area contributed by atoms with Crippen LogP contribution in [0.3, 0.4) is 0 Å². The number of fused-ring (bicyclic) bond motifs is 1. The lowest BCUT2D eigenvalue weighted by Gasteiger charge is -2.25. The van der Waals surface area contributed by atoms with Gasteiger partial charge in [-0.2, -0.15) is 0 Å². The fourth-order valence-electron chi connectivity index (χ4n) is 4.47. The predicted octanol–water partition coefficient (Wildman–Crippen LogP) is 5.67. The zero-order valence-electron chi connectivity index (χ0n) is 18.5. The van der Waals surface area contributed by atoms with Crippen molar-refractivity contribution in [1.29, 1.82) is 0 Å². The van der Waals surface area contributed by atoms with Crippen LogP contribution in [0.25, 0.3) is 16.7 Å². The van der Waals surface area contributed by atoms with Gasteiger partial charge in [0.05, 0.1) is 11.6 Å². The van der Waals surface area contributed by atoms with E-state index in [2.05, 4.69) is 11.9 Å². The van der Waals surface area contributed by atoms with Gasteiger partial charge in [-0.1, -0.05) is 67.1 Å². The Morgan fingerprint density at radius 2 is 1.67 bits per heavy atom. The van der Waals surface area contributed by atoms with E-state index in [1.54, 1.807) is 12.1 Å². The zero-order chi connectivity index (χ0) is 23.1. The highest BCUT2D eigenvalue weighted by atomic mass is 16.3. The van der Waals surface area contributed by atoms with Gasteiger partial charge in [0.25, 0.3) is 11.7 Å². The van der Waals surface area contributed by atoms with Gasteiger partial charge in [-0.05, 0) is 37.1 Å². The number of hydrogen-bond acceptors (Lipinski definition) is 3. The molecule has 0 radical (unpaired) electrons. The van der Waals surface area contributed by atoms with Crippen molar-refractivity contribution in [3.63, 3.8) is 0 Å². The quantitative estimate of drug-likeness (QED) is 0.246. The third-order valence-electron chi connectivity index (χ3n) is 6.31. The third kappa shape index (κ3) is 3.42. The average molecular weight is 437 g/mol. The highest BCUT2D eigenvalue weighted by Gasteiger charge is 2.47. The molecule has 5 nitrogen and oxygen atoms in total. The Balaban J connectivity index is 1.75. The van der Waals surface area contributed by atoms with Crippen LogP contribution >= 0.6 is 0 Å². The predicted molar refractivity (Wildman–Crippen MR) is 130 cm³/mol. The Bertz CT molecular complexity index is 1400. The Morgan fingerprint density at radius 3 is 2.36 bits per heavy atom. The smallest absolute Gasteiger partial charge is 0.300 e. The standard InChI is InChI=1S/C28H24N2O3/c1-3-18-10-12-19(13-11-18)26(31)24-25(22-16-29-23-7-5-4-6-21(22)23)30(28(33)27(24)32)20-14-8-17(2)9-15-20/h4-16,25,29,31H,3H2,1-2H3/b26-24+. The molecule has 1 fully saturated rings. The molecule has 3 aromatic carbocycles. The van der Waals surface area contributed by atoms with Crippen molar-refractivity contribution in [2.75, 3.05) is 4.90 Å². The minimum Gasteiger partial charge on any atom is -0.507 e. The minimum absolute atomic E-state index is 0.0922. The molecule has 1 atom stereocenters. The van der Waals surface area contributed by atoms with E-state index in [0.717, 1.165) is 34.0 Å². The summed E-state index contributed by atoms with van der Waals surface area (Å²) in [5, 5.41) is 12.2. The van der Waals surface area contributed by atoms with Gasteiger partial charge in [-0.25, -0.2) is 0 Å². The second kappa shape index (κ2) is 8.10. The number of aromatic nitrogens is 1. The summed E-state index contributed by atoms with van der Waals surface area (Å²) in [6.07, 6.45) is 2.68. The van der Waals surface area contributed by atoms with E-state index in [-0.39, 0.29) is 11.3 Å². The van der Waals surface area contributed by atoms with Gasteiger partial charge in [0, 0.05) is 33.9 Å². The molecule has 1 amide bonds. The summed E-state index contributed by atoms with van der Waals surface area (Å²) in [5.41, 5.74) is 5.05. The van der Waals surface area contributed by atoms with E-state index in [1.807, 2.05) is 73.8 Å². The number of rotatable bonds is 4. The number of nitrogens with zero attached hydrogens (tertiary/aromatic N) is 1. The number of aliphatic hydroxyl groups excluding tert-OH is 1. The lowest BCUT2D eigenvalue weighted by molar-refractivity contribution is -0.132. The Labute approximate surface area is 192 Å². The summed E-state index contributed by atoms with van der Waals surface area (Å²) in [7, 11) is 0. The van der Waals surface area contributed by atoms with Crippen LogP contribution in [0.2, 0.25) is 0 Å². The Hall–Kier alpha value is -4.12. The lowest BCUT2D eigenvalue weighted by atomic mass is 9.94. The molecule has 164 valence electrons. The number of anilines is 1. The van der Waals surface area contributed by atoms with Crippen LogP contribution in [-0.4, -0.2) is 21.8 Å². The first kappa shape index (κ1) is 20.8. The van der Waals surface area contributed by atoms with Crippen molar-refractivity contribution < 1.29 is 14.7 Å². The first-order valence-corrected chi connectivity index (χ1v) is 11.0. The molecule has 5 heteroatoms. The van der Waals surface area contributed by atoms with E-state index in [9.17, 15) is 14.7 Å². The molecular formula is C28H24N2O3. The number of aliphatic hydroxyl groups is 1. The molecule has 0 spiro atoms. The maximum Gasteiger partial charge on any atom is 0.300 e. The molecule has 1 aliphatic rings. The van der Waals surface area contributed by atoms with Gasteiger partial charge < -0.3 is 10.1 Å². The molecule has 2 N–H and O–H groups in total. The summed E-state index contributed by atoms with van der Waals surface area (Å²) >= 11 is 0. The first-order chi connectivity index (χ1) is 16.0. The van der Waals surface area contributed by atoms with Crippen molar-refractivity contribution in [2.45, 2.75) is 26.3 Å². The van der Waals surface area contributed by atoms with E-state index >= 15 is 0 Å². The molecule has 0 saturated carbocycles. The maximum absolute atomic E-state index is 13.3. The molecule has 1 unspecified atom stereocenters. The number of hydrogen-bond donors (Lipinski definition) is 2. The summed E-state index contributed by atoms with van der Waals surface area (Å²) in [5.74, 6) is -1.51. The summed E-state index contributed by atoms with van der Waals surface area (Å²) in [4.78, 5) is 31.3. The van der Waals surface area contributed by atoms with Crippen LogP contribution in [0, 0.1) is 6.92 Å². The minimum atomic E-state index is -0.755. The van der Waals surface area contributed by atoms with Crippen molar-refractivity contribution >= 4 is 34.0 Å². The van der Waals surface area contributed by atoms with Gasteiger partial charge in [0.2, 0.25) is 0 Å². The van der Waals surface area contributed by atoms with Gasteiger partial charge >= 0.3 is 0 Å². The number of Topliss-reactive ketones (excluding diaryl/α,β-unsaturated/α-hetero) is 1. The largest absolute Gasteiger partial charge is 0.507 e. The normalized spacial score (nSPS) is 17.8. The number of aryl methyl sites for hydroxylation is 2. The third-order valence-corrected chi connectivity index (χ3v) is 6.31. The number of para-hydroxylation sites is 1. The molecular weight excluding hydrogens is 412 g/mol. The number of aromatic amines is 1. The second-order valence-electron chi connectivity index (χ2n) is 8.34. The molecule has 4 aromatic rings. The lowest BCUT2D eigenvalue weighted by Crippen LogP contribution is -2.29. The van der Waals surface area contributed by atoms with Crippen LogP contribution in [0.1, 0.15) is 35.2 Å². The second-order valence-corrected chi connectivity index (χ2v) is 8.34. The molecule has 2 heterocycles. The SMILES string of the molecule is CCc1ccc(/C(O)=C2\C(=O)C(=O)N(c3ccc(C)cc3)C2c2c[nH]c3ccccc23)cc1. The van der Waals surface area contributed by atoms with E-state index < -0.39 is 17.7 Å². The van der Waals surface area contributed by atoms with Crippen molar-refractivity contribution in [1.82, 2.24) is 4.98 Å². The van der Waals surface area contributed by atoms with Crippen LogP contribution in [0.15, 0.2) is 84.6 Å². The number of ketones is 1. The molecule has 5 rings (SSSR count). The van der Waals surface area contributed by atoms with Crippen LogP contribution < -0.4 is 4.90 Å². The van der Waals surface area contributed by atoms with Crippen LogP contribution in [0.4, 0.5) is 5.69 Å². The van der Waals surface area contributed by atoms with Crippen molar-refractivity contribution in [3.8, 4) is 0 Å². The zero-order valence-corrected chi connectivity index (χ0v) is 18.5. The van der Waals surface area contributed by atoms with Gasteiger partial charge in [0.15, 0.2) is 0 Å². The number of benzene rings is 3. The van der Waals surface area contributed by atoms with Crippen molar-refractivity contribution in [3.05, 3.63) is 107 Å². The highest BCUT2D eigenvalue weighted by Crippen LogP contribution is 2.44. The fraction of sp³-hybridized carbons (Fsp3) is 0.143. The maximum atomic E-state index is 13.3. The fourth-order valence-corrected chi connectivity index (χ4v) is 4.47. The molecule has 0 bridgehead atoms. The van der Waals surface area contributed by atoms with Crippen LogP contribution in [-0.2, 0) is 16.0 Å².